The van der Waals surface area contributed by atoms with Crippen LogP contribution in [0.3, 0.4) is 0 Å². The molecule has 1 aliphatic carbocycles. The summed E-state index contributed by atoms with van der Waals surface area (Å²) < 4.78 is 16.2. The lowest BCUT2D eigenvalue weighted by Gasteiger charge is -2.22. The van der Waals surface area contributed by atoms with E-state index < -0.39 is 11.9 Å². The van der Waals surface area contributed by atoms with Crippen LogP contribution in [-0.4, -0.2) is 50.2 Å². The van der Waals surface area contributed by atoms with Gasteiger partial charge in [0.25, 0.3) is 5.91 Å². The van der Waals surface area contributed by atoms with Crippen LogP contribution in [0.5, 0.6) is 11.5 Å². The summed E-state index contributed by atoms with van der Waals surface area (Å²) in [5, 5.41) is 2.88. The predicted molar refractivity (Wildman–Crippen MR) is 99.2 cm³/mol. The molecule has 0 bridgehead atoms. The maximum absolute atomic E-state index is 12.4. The Hall–Kier alpha value is -2.77. The van der Waals surface area contributed by atoms with E-state index in [9.17, 15) is 14.4 Å². The van der Waals surface area contributed by atoms with Gasteiger partial charge < -0.3 is 24.4 Å². The highest BCUT2D eigenvalue weighted by molar-refractivity contribution is 5.99. The summed E-state index contributed by atoms with van der Waals surface area (Å²) in [4.78, 5) is 38.2. The number of rotatable bonds is 5. The number of ether oxygens (including phenoxy) is 3. The van der Waals surface area contributed by atoms with Crippen molar-refractivity contribution in [2.45, 2.75) is 38.1 Å². The first-order valence-corrected chi connectivity index (χ1v) is 9.76. The smallest absolute Gasteiger partial charge is 0.311 e. The highest BCUT2D eigenvalue weighted by Gasteiger charge is 2.37. The molecule has 2 heterocycles. The molecule has 1 aromatic carbocycles. The molecule has 0 aromatic heterocycles. The molecule has 1 saturated heterocycles. The fraction of sp³-hybridized carbons (Fsp3) is 0.550. The third-order valence-electron chi connectivity index (χ3n) is 5.36. The first-order valence-electron chi connectivity index (χ1n) is 9.76. The van der Waals surface area contributed by atoms with Gasteiger partial charge in [-0.15, -0.1) is 0 Å². The van der Waals surface area contributed by atoms with E-state index in [0.717, 1.165) is 25.7 Å². The summed E-state index contributed by atoms with van der Waals surface area (Å²) in [6.45, 7) is 0.880. The average Bonchev–Trinajstić information content (AvgIpc) is 3.35. The molecule has 1 saturated carbocycles. The SMILES string of the molecule is O=C(COC(=O)[C@@H]1CC(=O)N(c2ccc3c(c2)OCCO3)C1)NC1CCCC1. The number of amides is 2. The minimum absolute atomic E-state index is 0.0670. The van der Waals surface area contributed by atoms with Crippen LogP contribution in [0.4, 0.5) is 5.69 Å². The Morgan fingerprint density at radius 2 is 1.89 bits per heavy atom. The highest BCUT2D eigenvalue weighted by atomic mass is 16.6. The zero-order valence-electron chi connectivity index (χ0n) is 15.6. The summed E-state index contributed by atoms with van der Waals surface area (Å²) in [5.41, 5.74) is 0.656. The minimum Gasteiger partial charge on any atom is -0.486 e. The van der Waals surface area contributed by atoms with Crippen LogP contribution < -0.4 is 19.7 Å². The number of carbonyl (C=O) groups excluding carboxylic acids is 3. The van der Waals surface area contributed by atoms with E-state index >= 15 is 0 Å². The topological polar surface area (TPSA) is 94.2 Å². The van der Waals surface area contributed by atoms with Gasteiger partial charge in [0.15, 0.2) is 18.1 Å². The third-order valence-corrected chi connectivity index (χ3v) is 5.36. The Bertz CT molecular complexity index is 774. The monoisotopic (exact) mass is 388 g/mol. The molecule has 1 N–H and O–H groups in total. The van der Waals surface area contributed by atoms with E-state index in [2.05, 4.69) is 5.32 Å². The van der Waals surface area contributed by atoms with Crippen molar-refractivity contribution in [1.82, 2.24) is 5.32 Å². The van der Waals surface area contributed by atoms with Crippen LogP contribution in [0.2, 0.25) is 0 Å². The fourth-order valence-corrected chi connectivity index (χ4v) is 3.91. The summed E-state index contributed by atoms with van der Waals surface area (Å²) >= 11 is 0. The van der Waals surface area contributed by atoms with Crippen LogP contribution >= 0.6 is 0 Å². The number of anilines is 1. The number of benzene rings is 1. The number of fused-ring (bicyclic) bond motifs is 1. The van der Waals surface area contributed by atoms with Crippen molar-refractivity contribution in [2.24, 2.45) is 5.92 Å². The molecule has 1 aromatic rings. The Labute approximate surface area is 163 Å². The first kappa shape index (κ1) is 18.6. The Balaban J connectivity index is 1.31. The van der Waals surface area contributed by atoms with Gasteiger partial charge in [0, 0.05) is 30.8 Å². The number of hydrogen-bond donors (Lipinski definition) is 1. The van der Waals surface area contributed by atoms with Crippen LogP contribution in [0, 0.1) is 5.92 Å². The maximum Gasteiger partial charge on any atom is 0.311 e. The lowest BCUT2D eigenvalue weighted by atomic mass is 10.1. The lowest BCUT2D eigenvalue weighted by Crippen LogP contribution is -2.36. The number of nitrogens with zero attached hydrogens (tertiary/aromatic N) is 1. The molecule has 150 valence electrons. The number of esters is 1. The van der Waals surface area contributed by atoms with Crippen molar-refractivity contribution in [2.75, 3.05) is 31.3 Å². The van der Waals surface area contributed by atoms with Crippen LogP contribution in [-0.2, 0) is 19.1 Å². The average molecular weight is 388 g/mol. The van der Waals surface area contributed by atoms with Crippen molar-refractivity contribution in [1.29, 1.82) is 0 Å². The predicted octanol–water partition coefficient (Wildman–Crippen LogP) is 1.41. The Morgan fingerprint density at radius 1 is 1.14 bits per heavy atom. The van der Waals surface area contributed by atoms with E-state index in [1.54, 1.807) is 23.1 Å². The quantitative estimate of drug-likeness (QED) is 0.767. The van der Waals surface area contributed by atoms with Gasteiger partial charge in [-0.1, -0.05) is 12.8 Å². The molecule has 0 radical (unpaired) electrons. The summed E-state index contributed by atoms with van der Waals surface area (Å²) in [5.74, 6) is -0.311. The molecule has 2 amide bonds. The van der Waals surface area contributed by atoms with Gasteiger partial charge in [0.2, 0.25) is 5.91 Å². The van der Waals surface area contributed by atoms with Crippen molar-refractivity contribution in [3.8, 4) is 11.5 Å². The van der Waals surface area contributed by atoms with Crippen molar-refractivity contribution in [3.63, 3.8) is 0 Å². The van der Waals surface area contributed by atoms with Crippen LogP contribution in [0.25, 0.3) is 0 Å². The highest BCUT2D eigenvalue weighted by Crippen LogP contribution is 2.36. The molecule has 8 nitrogen and oxygen atoms in total. The zero-order chi connectivity index (χ0) is 19.5. The number of carbonyl (C=O) groups is 3. The fourth-order valence-electron chi connectivity index (χ4n) is 3.91. The molecule has 28 heavy (non-hydrogen) atoms. The molecule has 4 rings (SSSR count). The largest absolute Gasteiger partial charge is 0.486 e. The molecule has 3 aliphatic rings. The van der Waals surface area contributed by atoms with E-state index in [1.807, 2.05) is 0 Å². The molecule has 2 fully saturated rings. The van der Waals surface area contributed by atoms with E-state index in [1.165, 1.54) is 0 Å². The van der Waals surface area contributed by atoms with Gasteiger partial charge in [-0.3, -0.25) is 14.4 Å². The summed E-state index contributed by atoms with van der Waals surface area (Å²) in [6, 6.07) is 5.46. The van der Waals surface area contributed by atoms with Crippen molar-refractivity contribution < 1.29 is 28.6 Å². The Morgan fingerprint density at radius 3 is 2.68 bits per heavy atom. The van der Waals surface area contributed by atoms with Gasteiger partial charge in [0.1, 0.15) is 13.2 Å². The van der Waals surface area contributed by atoms with E-state index in [0.29, 0.717) is 30.4 Å². The standard InChI is InChI=1S/C20H24N2O6/c23-18(21-14-3-1-2-4-14)12-28-20(25)13-9-19(24)22(11-13)15-5-6-16-17(10-15)27-8-7-26-16/h5-6,10,13-14H,1-4,7-9,11-12H2,(H,21,23)/t13-/m1/s1. The summed E-state index contributed by atoms with van der Waals surface area (Å²) in [6.07, 6.45) is 4.25. The molecule has 8 heteroatoms. The third kappa shape index (κ3) is 4.05. The van der Waals surface area contributed by atoms with Crippen molar-refractivity contribution >= 4 is 23.5 Å². The zero-order valence-corrected chi connectivity index (χ0v) is 15.6. The van der Waals surface area contributed by atoms with E-state index in [-0.39, 0.29) is 37.4 Å². The second-order valence-electron chi connectivity index (χ2n) is 7.39. The molecular formula is C20H24N2O6. The summed E-state index contributed by atoms with van der Waals surface area (Å²) in [7, 11) is 0. The molecule has 0 spiro atoms. The van der Waals surface area contributed by atoms with Crippen LogP contribution in [0.1, 0.15) is 32.1 Å². The molecule has 0 unspecified atom stereocenters. The minimum atomic E-state index is -0.583. The molecular weight excluding hydrogens is 364 g/mol. The van der Waals surface area contributed by atoms with Gasteiger partial charge in [-0.25, -0.2) is 0 Å². The van der Waals surface area contributed by atoms with Gasteiger partial charge >= 0.3 is 5.97 Å². The van der Waals surface area contributed by atoms with Gasteiger partial charge in [-0.2, -0.15) is 0 Å². The number of nitrogens with one attached hydrogen (secondary N) is 1. The van der Waals surface area contributed by atoms with Gasteiger partial charge in [0.05, 0.1) is 5.92 Å². The maximum atomic E-state index is 12.4. The van der Waals surface area contributed by atoms with Crippen LogP contribution in [0.15, 0.2) is 18.2 Å². The number of hydrogen-bond acceptors (Lipinski definition) is 6. The normalized spacial score (nSPS) is 21.6. The second-order valence-corrected chi connectivity index (χ2v) is 7.39. The van der Waals surface area contributed by atoms with E-state index in [4.69, 9.17) is 14.2 Å². The Kier molecular flexibility index (Phi) is 5.36. The second kappa shape index (κ2) is 8.08. The van der Waals surface area contributed by atoms with Crippen molar-refractivity contribution in [3.05, 3.63) is 18.2 Å². The van der Waals surface area contributed by atoms with Gasteiger partial charge in [-0.05, 0) is 25.0 Å². The molecule has 2 aliphatic heterocycles. The first-order chi connectivity index (χ1) is 13.6. The lowest BCUT2D eigenvalue weighted by molar-refractivity contribution is -0.152. The molecule has 1 atom stereocenters.